The Bertz CT molecular complexity index is 1440. The number of aliphatic carboxylic acids is 1. The first-order chi connectivity index (χ1) is 20.2. The third-order valence-electron chi connectivity index (χ3n) is 7.39. The molecule has 2 N–H and O–H groups in total. The van der Waals surface area contributed by atoms with Crippen LogP contribution in [0.5, 0.6) is 11.5 Å². The summed E-state index contributed by atoms with van der Waals surface area (Å²) in [4.78, 5) is 35.3. The summed E-state index contributed by atoms with van der Waals surface area (Å²) < 4.78 is 17.5. The minimum absolute atomic E-state index is 0.152. The maximum atomic E-state index is 12.6. The van der Waals surface area contributed by atoms with Crippen LogP contribution in [-0.4, -0.2) is 64.0 Å². The molecule has 43 heavy (non-hydrogen) atoms. The lowest BCUT2D eigenvalue weighted by molar-refractivity contribution is -0.160. The fourth-order valence-electron chi connectivity index (χ4n) is 5.04. The van der Waals surface area contributed by atoms with Gasteiger partial charge in [-0.1, -0.05) is 19.9 Å². The Morgan fingerprint density at radius 2 is 1.65 bits per heavy atom. The number of aromatic carboxylic acids is 1. The summed E-state index contributed by atoms with van der Waals surface area (Å²) >= 11 is 0. The lowest BCUT2D eigenvalue weighted by Gasteiger charge is -2.40. The summed E-state index contributed by atoms with van der Waals surface area (Å²) in [5, 5.41) is 19.4. The first-order valence-electron chi connectivity index (χ1n) is 14.4. The minimum Gasteiger partial charge on any atom is -0.490 e. The lowest BCUT2D eigenvalue weighted by Crippen LogP contribution is -2.39. The van der Waals surface area contributed by atoms with E-state index in [4.69, 9.17) is 19.3 Å². The van der Waals surface area contributed by atoms with E-state index >= 15 is 0 Å². The molecule has 3 heterocycles. The van der Waals surface area contributed by atoms with Crippen LogP contribution >= 0.6 is 0 Å². The van der Waals surface area contributed by atoms with Crippen LogP contribution in [0.2, 0.25) is 0 Å². The molecule has 3 aromatic rings. The smallest absolute Gasteiger partial charge is 0.337 e. The first kappa shape index (κ1) is 31.7. The van der Waals surface area contributed by atoms with Gasteiger partial charge in [-0.2, -0.15) is 0 Å². The van der Waals surface area contributed by atoms with Crippen LogP contribution in [0.1, 0.15) is 75.2 Å². The highest BCUT2D eigenvalue weighted by molar-refractivity contribution is 5.88. The Morgan fingerprint density at radius 1 is 0.977 bits per heavy atom. The van der Waals surface area contributed by atoms with Gasteiger partial charge in [-0.05, 0) is 76.3 Å². The van der Waals surface area contributed by atoms with Crippen LogP contribution in [0.15, 0.2) is 48.8 Å². The van der Waals surface area contributed by atoms with E-state index in [1.165, 1.54) is 12.1 Å². The Balaban J connectivity index is 1.59. The number of aryl methyl sites for hydroxylation is 1. The molecule has 0 bridgehead atoms. The Hall–Kier alpha value is -4.18. The highest BCUT2D eigenvalue weighted by Gasteiger charge is 2.36. The summed E-state index contributed by atoms with van der Waals surface area (Å²) in [6.45, 7) is 13.9. The molecule has 0 aliphatic carbocycles. The second-order valence-electron chi connectivity index (χ2n) is 12.5. The molecule has 1 aliphatic rings. The van der Waals surface area contributed by atoms with E-state index in [-0.39, 0.29) is 24.2 Å². The molecule has 1 saturated heterocycles. The summed E-state index contributed by atoms with van der Waals surface area (Å²) in [7, 11) is 0. The van der Waals surface area contributed by atoms with Crippen LogP contribution in [0.3, 0.4) is 0 Å². The van der Waals surface area contributed by atoms with Gasteiger partial charge in [0, 0.05) is 36.1 Å². The summed E-state index contributed by atoms with van der Waals surface area (Å²) in [6.07, 6.45) is 4.10. The van der Waals surface area contributed by atoms with Crippen molar-refractivity contribution >= 4 is 17.6 Å². The molecule has 0 unspecified atom stereocenters. The van der Waals surface area contributed by atoms with E-state index in [0.29, 0.717) is 28.5 Å². The van der Waals surface area contributed by atoms with Gasteiger partial charge in [-0.25, -0.2) is 9.59 Å². The standard InChI is InChI=1S/C33H41N3O7/c1-21-27(29(31(39)40)43-32(2,3)4)28(36-14-12-33(5,6)13-15-36)25(20-34-21)26-11-10-24(19-35-26)42-17-16-41-23-9-7-8-22(18-23)30(37)38/h7-11,18-20,29H,12-17H2,1-6H3,(H,37,38)(H,39,40)/t29-/m0/s1. The van der Waals surface area contributed by atoms with Gasteiger partial charge in [0.25, 0.3) is 0 Å². The number of hydrogen-bond acceptors (Lipinski definition) is 8. The third-order valence-corrected chi connectivity index (χ3v) is 7.39. The first-order valence-corrected chi connectivity index (χ1v) is 14.4. The Morgan fingerprint density at radius 3 is 2.23 bits per heavy atom. The van der Waals surface area contributed by atoms with Crippen molar-refractivity contribution in [2.45, 2.75) is 66.1 Å². The predicted octanol–water partition coefficient (Wildman–Crippen LogP) is 6.18. The van der Waals surface area contributed by atoms with E-state index in [1.54, 1.807) is 30.6 Å². The SMILES string of the molecule is Cc1ncc(-c2ccc(OCCOc3cccc(C(=O)O)c3)cn2)c(N2CCC(C)(C)CC2)c1[C@H](OC(C)(C)C)C(=O)O. The van der Waals surface area contributed by atoms with Crippen molar-refractivity contribution in [1.29, 1.82) is 0 Å². The Labute approximate surface area is 252 Å². The zero-order valence-corrected chi connectivity index (χ0v) is 25.7. The van der Waals surface area contributed by atoms with E-state index in [2.05, 4.69) is 28.7 Å². The molecule has 1 aromatic carbocycles. The van der Waals surface area contributed by atoms with Crippen molar-refractivity contribution in [3.8, 4) is 22.8 Å². The van der Waals surface area contributed by atoms with Gasteiger partial charge < -0.3 is 29.3 Å². The highest BCUT2D eigenvalue weighted by Crippen LogP contribution is 2.43. The quantitative estimate of drug-likeness (QED) is 0.249. The van der Waals surface area contributed by atoms with E-state index in [9.17, 15) is 14.7 Å². The van der Waals surface area contributed by atoms with Crippen molar-refractivity contribution in [2.24, 2.45) is 5.41 Å². The number of pyridine rings is 2. The number of ether oxygens (including phenoxy) is 3. The number of carboxylic acid groups (broad SMARTS) is 2. The number of carboxylic acids is 2. The van der Waals surface area contributed by atoms with Crippen molar-refractivity contribution in [3.05, 3.63) is 65.6 Å². The number of benzene rings is 1. The minimum atomic E-state index is -1.20. The van der Waals surface area contributed by atoms with Crippen molar-refractivity contribution < 1.29 is 34.0 Å². The number of hydrogen-bond donors (Lipinski definition) is 2. The van der Waals surface area contributed by atoms with Crippen molar-refractivity contribution in [1.82, 2.24) is 9.97 Å². The molecule has 2 aromatic heterocycles. The molecule has 0 saturated carbocycles. The van der Waals surface area contributed by atoms with Crippen molar-refractivity contribution in [3.63, 3.8) is 0 Å². The molecule has 0 spiro atoms. The molecular formula is C33H41N3O7. The molecule has 1 atom stereocenters. The van der Waals surface area contributed by atoms with Crippen LogP contribution in [0.25, 0.3) is 11.3 Å². The van der Waals surface area contributed by atoms with E-state index in [0.717, 1.165) is 37.2 Å². The number of anilines is 1. The molecule has 1 aliphatic heterocycles. The number of rotatable bonds is 11. The van der Waals surface area contributed by atoms with Gasteiger partial charge in [0.2, 0.25) is 0 Å². The number of nitrogens with zero attached hydrogens (tertiary/aromatic N) is 3. The molecule has 1 fully saturated rings. The fraction of sp³-hybridized carbons (Fsp3) is 0.455. The van der Waals surface area contributed by atoms with Gasteiger partial charge in [-0.15, -0.1) is 0 Å². The molecule has 0 radical (unpaired) electrons. The zero-order chi connectivity index (χ0) is 31.4. The fourth-order valence-corrected chi connectivity index (χ4v) is 5.04. The maximum absolute atomic E-state index is 12.6. The third kappa shape index (κ3) is 8.22. The lowest BCUT2D eigenvalue weighted by atomic mass is 9.82. The largest absolute Gasteiger partial charge is 0.490 e. The summed E-state index contributed by atoms with van der Waals surface area (Å²) in [6, 6.07) is 9.92. The van der Waals surface area contributed by atoms with Crippen LogP contribution in [0, 0.1) is 12.3 Å². The normalized spacial score (nSPS) is 15.5. The second-order valence-corrected chi connectivity index (χ2v) is 12.5. The molecule has 230 valence electrons. The maximum Gasteiger partial charge on any atom is 0.337 e. The van der Waals surface area contributed by atoms with Gasteiger partial charge >= 0.3 is 11.9 Å². The van der Waals surface area contributed by atoms with Gasteiger partial charge in [-0.3, -0.25) is 9.97 Å². The predicted molar refractivity (Wildman–Crippen MR) is 163 cm³/mol. The zero-order valence-electron chi connectivity index (χ0n) is 25.7. The molecule has 4 rings (SSSR count). The highest BCUT2D eigenvalue weighted by atomic mass is 16.5. The average molecular weight is 592 g/mol. The average Bonchev–Trinajstić information content (AvgIpc) is 2.94. The molecule has 0 amide bonds. The van der Waals surface area contributed by atoms with Crippen molar-refractivity contribution in [2.75, 3.05) is 31.2 Å². The molecule has 10 heteroatoms. The van der Waals surface area contributed by atoms with Gasteiger partial charge in [0.05, 0.1) is 28.7 Å². The topological polar surface area (TPSA) is 131 Å². The monoisotopic (exact) mass is 591 g/mol. The molecular weight excluding hydrogens is 550 g/mol. The Kier molecular flexibility index (Phi) is 9.59. The van der Waals surface area contributed by atoms with Gasteiger partial charge in [0.1, 0.15) is 24.7 Å². The number of carbonyl (C=O) groups is 2. The van der Waals surface area contributed by atoms with E-state index in [1.807, 2.05) is 33.8 Å². The summed E-state index contributed by atoms with van der Waals surface area (Å²) in [5.74, 6) is -1.10. The van der Waals surface area contributed by atoms with Crippen LogP contribution in [0.4, 0.5) is 5.69 Å². The summed E-state index contributed by atoms with van der Waals surface area (Å²) in [5.41, 5.74) is 2.98. The number of aromatic nitrogens is 2. The second kappa shape index (κ2) is 13.0. The van der Waals surface area contributed by atoms with Gasteiger partial charge in [0.15, 0.2) is 6.10 Å². The van der Waals surface area contributed by atoms with E-state index < -0.39 is 23.6 Å². The van der Waals surface area contributed by atoms with Crippen LogP contribution < -0.4 is 14.4 Å². The van der Waals surface area contributed by atoms with Crippen LogP contribution in [-0.2, 0) is 9.53 Å². The molecule has 10 nitrogen and oxygen atoms in total. The number of piperidine rings is 1.